The Morgan fingerprint density at radius 2 is 1.44 bits per heavy atom. The van der Waals surface area contributed by atoms with Crippen molar-refractivity contribution in [2.24, 2.45) is 0 Å². The molecule has 3 rings (SSSR count). The summed E-state index contributed by atoms with van der Waals surface area (Å²) in [6.45, 7) is 0.478. The van der Waals surface area contributed by atoms with Crippen molar-refractivity contribution in [2.75, 3.05) is 0 Å². The lowest BCUT2D eigenvalue weighted by Crippen LogP contribution is -2.23. The van der Waals surface area contributed by atoms with Crippen molar-refractivity contribution in [3.8, 4) is 5.75 Å². The van der Waals surface area contributed by atoms with Gasteiger partial charge in [0.1, 0.15) is 18.2 Å². The van der Waals surface area contributed by atoms with E-state index in [0.717, 1.165) is 11.1 Å². The maximum absolute atomic E-state index is 12.9. The van der Waals surface area contributed by atoms with Gasteiger partial charge in [-0.1, -0.05) is 35.9 Å². The summed E-state index contributed by atoms with van der Waals surface area (Å²) in [6.07, 6.45) is 0. The third-order valence-electron chi connectivity index (χ3n) is 3.83. The zero-order valence-corrected chi connectivity index (χ0v) is 15.8. The number of sulfonamides is 1. The number of ether oxygens (including phenoxy) is 1. The van der Waals surface area contributed by atoms with Crippen LogP contribution in [0.5, 0.6) is 5.75 Å². The molecular formula is C20H17ClFNO3S. The standard InChI is InChI=1S/C20H17ClFNO3S/c21-17-5-11-20(12-6-17)27(24,25)23-13-15-3-9-19(10-4-15)26-14-16-1-7-18(22)8-2-16/h1-12,23H,13-14H2. The van der Waals surface area contributed by atoms with Crippen LogP contribution in [0.15, 0.2) is 77.7 Å². The highest BCUT2D eigenvalue weighted by Gasteiger charge is 2.13. The molecule has 0 atom stereocenters. The Bertz CT molecular complexity index is 989. The Morgan fingerprint density at radius 3 is 2.07 bits per heavy atom. The Balaban J connectivity index is 1.55. The van der Waals surface area contributed by atoms with Crippen LogP contribution in [-0.2, 0) is 23.2 Å². The van der Waals surface area contributed by atoms with Crippen LogP contribution in [-0.4, -0.2) is 8.42 Å². The average Bonchev–Trinajstić information content (AvgIpc) is 2.67. The Labute approximate surface area is 162 Å². The molecule has 1 N–H and O–H groups in total. The van der Waals surface area contributed by atoms with Gasteiger partial charge in [0.05, 0.1) is 4.90 Å². The number of hydrogen-bond acceptors (Lipinski definition) is 3. The third-order valence-corrected chi connectivity index (χ3v) is 5.50. The molecule has 0 aliphatic carbocycles. The van der Waals surface area contributed by atoms with E-state index >= 15 is 0 Å². The fourth-order valence-electron chi connectivity index (χ4n) is 2.33. The normalized spacial score (nSPS) is 11.3. The summed E-state index contributed by atoms with van der Waals surface area (Å²) in [5.74, 6) is 0.354. The van der Waals surface area contributed by atoms with Gasteiger partial charge in [-0.05, 0) is 59.7 Å². The molecule has 0 fully saturated rings. The molecule has 0 aliphatic heterocycles. The van der Waals surface area contributed by atoms with Gasteiger partial charge in [-0.15, -0.1) is 0 Å². The van der Waals surface area contributed by atoms with Crippen LogP contribution in [0.1, 0.15) is 11.1 Å². The van der Waals surface area contributed by atoms with E-state index in [2.05, 4.69) is 4.72 Å². The van der Waals surface area contributed by atoms with E-state index in [4.69, 9.17) is 16.3 Å². The lowest BCUT2D eigenvalue weighted by molar-refractivity contribution is 0.306. The fourth-order valence-corrected chi connectivity index (χ4v) is 3.47. The van der Waals surface area contributed by atoms with E-state index in [9.17, 15) is 12.8 Å². The Hall–Kier alpha value is -2.41. The topological polar surface area (TPSA) is 55.4 Å². The first kappa shape index (κ1) is 19.4. The second-order valence-electron chi connectivity index (χ2n) is 5.84. The zero-order chi connectivity index (χ0) is 19.3. The third kappa shape index (κ3) is 5.53. The molecule has 3 aromatic carbocycles. The van der Waals surface area contributed by atoms with Crippen molar-refractivity contribution in [3.63, 3.8) is 0 Å². The van der Waals surface area contributed by atoms with E-state index in [1.165, 1.54) is 36.4 Å². The number of halogens is 2. The second-order valence-corrected chi connectivity index (χ2v) is 8.04. The molecule has 0 radical (unpaired) electrons. The van der Waals surface area contributed by atoms with Gasteiger partial charge in [-0.25, -0.2) is 17.5 Å². The molecule has 4 nitrogen and oxygen atoms in total. The van der Waals surface area contributed by atoms with Crippen LogP contribution < -0.4 is 9.46 Å². The first-order valence-corrected chi connectivity index (χ1v) is 10.00. The highest BCUT2D eigenvalue weighted by molar-refractivity contribution is 7.89. The molecular weight excluding hydrogens is 389 g/mol. The molecule has 27 heavy (non-hydrogen) atoms. The Kier molecular flexibility index (Phi) is 6.11. The van der Waals surface area contributed by atoms with Crippen LogP contribution in [0, 0.1) is 5.82 Å². The molecule has 0 unspecified atom stereocenters. The molecule has 0 aliphatic rings. The summed E-state index contributed by atoms with van der Waals surface area (Å²) in [5.41, 5.74) is 1.65. The molecule has 7 heteroatoms. The van der Waals surface area contributed by atoms with Crippen molar-refractivity contribution in [3.05, 3.63) is 94.8 Å². The van der Waals surface area contributed by atoms with Crippen LogP contribution in [0.2, 0.25) is 5.02 Å². The summed E-state index contributed by atoms with van der Waals surface area (Å²) in [4.78, 5) is 0.158. The van der Waals surface area contributed by atoms with Crippen LogP contribution in [0.4, 0.5) is 4.39 Å². The van der Waals surface area contributed by atoms with E-state index < -0.39 is 10.0 Å². The van der Waals surface area contributed by atoms with Gasteiger partial charge in [0.15, 0.2) is 0 Å². The van der Waals surface area contributed by atoms with Gasteiger partial charge >= 0.3 is 0 Å². The van der Waals surface area contributed by atoms with Crippen molar-refractivity contribution < 1.29 is 17.5 Å². The smallest absolute Gasteiger partial charge is 0.240 e. The number of benzene rings is 3. The largest absolute Gasteiger partial charge is 0.489 e. The summed E-state index contributed by atoms with van der Waals surface area (Å²) in [6, 6.07) is 19.1. The van der Waals surface area contributed by atoms with E-state index in [1.54, 1.807) is 36.4 Å². The van der Waals surface area contributed by atoms with Gasteiger partial charge in [0.25, 0.3) is 0 Å². The Morgan fingerprint density at radius 1 is 0.852 bits per heavy atom. The summed E-state index contributed by atoms with van der Waals surface area (Å²) < 4.78 is 45.6. The van der Waals surface area contributed by atoms with Gasteiger partial charge < -0.3 is 4.74 Å². The summed E-state index contributed by atoms with van der Waals surface area (Å²) in [7, 11) is -3.61. The fraction of sp³-hybridized carbons (Fsp3) is 0.100. The SMILES string of the molecule is O=S(=O)(NCc1ccc(OCc2ccc(F)cc2)cc1)c1ccc(Cl)cc1. The zero-order valence-electron chi connectivity index (χ0n) is 14.2. The summed E-state index contributed by atoms with van der Waals surface area (Å²) >= 11 is 5.78. The van der Waals surface area contributed by atoms with Gasteiger partial charge in [-0.3, -0.25) is 0 Å². The highest BCUT2D eigenvalue weighted by Crippen LogP contribution is 2.17. The lowest BCUT2D eigenvalue weighted by atomic mass is 10.2. The van der Waals surface area contributed by atoms with Crippen molar-refractivity contribution in [1.29, 1.82) is 0 Å². The first-order chi connectivity index (χ1) is 12.9. The highest BCUT2D eigenvalue weighted by atomic mass is 35.5. The minimum atomic E-state index is -3.61. The first-order valence-electron chi connectivity index (χ1n) is 8.14. The molecule has 0 saturated carbocycles. The quantitative estimate of drug-likeness (QED) is 0.628. The van der Waals surface area contributed by atoms with Gasteiger partial charge in [0, 0.05) is 11.6 Å². The predicted molar refractivity (Wildman–Crippen MR) is 103 cm³/mol. The van der Waals surface area contributed by atoms with Crippen LogP contribution in [0.3, 0.4) is 0 Å². The molecule has 140 valence electrons. The summed E-state index contributed by atoms with van der Waals surface area (Å²) in [5, 5.41) is 0.477. The molecule has 0 aromatic heterocycles. The molecule has 0 saturated heterocycles. The number of rotatable bonds is 7. The molecule has 0 spiro atoms. The van der Waals surface area contributed by atoms with Crippen molar-refractivity contribution in [2.45, 2.75) is 18.0 Å². The van der Waals surface area contributed by atoms with Gasteiger partial charge in [0.2, 0.25) is 10.0 Å². The van der Waals surface area contributed by atoms with Gasteiger partial charge in [-0.2, -0.15) is 0 Å². The molecule has 3 aromatic rings. The minimum absolute atomic E-state index is 0.156. The van der Waals surface area contributed by atoms with E-state index in [1.807, 2.05) is 0 Å². The maximum Gasteiger partial charge on any atom is 0.240 e. The van der Waals surface area contributed by atoms with Crippen LogP contribution in [0.25, 0.3) is 0 Å². The lowest BCUT2D eigenvalue weighted by Gasteiger charge is -2.09. The average molecular weight is 406 g/mol. The van der Waals surface area contributed by atoms with Crippen molar-refractivity contribution >= 4 is 21.6 Å². The number of hydrogen-bond donors (Lipinski definition) is 1. The molecule has 0 amide bonds. The van der Waals surface area contributed by atoms with Crippen molar-refractivity contribution in [1.82, 2.24) is 4.72 Å². The molecule has 0 bridgehead atoms. The monoisotopic (exact) mass is 405 g/mol. The van der Waals surface area contributed by atoms with E-state index in [-0.39, 0.29) is 17.3 Å². The number of nitrogens with one attached hydrogen (secondary N) is 1. The molecule has 0 heterocycles. The van der Waals surface area contributed by atoms with E-state index in [0.29, 0.717) is 17.4 Å². The minimum Gasteiger partial charge on any atom is -0.489 e. The second kappa shape index (κ2) is 8.52. The predicted octanol–water partition coefficient (Wildman–Crippen LogP) is 4.54. The van der Waals surface area contributed by atoms with Crippen LogP contribution >= 0.6 is 11.6 Å². The maximum atomic E-state index is 12.9.